The van der Waals surface area contributed by atoms with Gasteiger partial charge in [0.2, 0.25) is 5.95 Å². The van der Waals surface area contributed by atoms with E-state index in [2.05, 4.69) is 36.5 Å². The van der Waals surface area contributed by atoms with E-state index in [9.17, 15) is 10.1 Å². The third kappa shape index (κ3) is 4.39. The van der Waals surface area contributed by atoms with E-state index in [0.29, 0.717) is 36.0 Å². The van der Waals surface area contributed by atoms with Crippen LogP contribution in [-0.2, 0) is 10.3 Å². The fraction of sp³-hybridized carbons (Fsp3) is 0.200. The second-order valence-corrected chi connectivity index (χ2v) is 11.9. The number of fused-ring (bicyclic) bond motifs is 1. The van der Waals surface area contributed by atoms with Crippen molar-refractivity contribution in [1.82, 2.24) is 40.0 Å². The number of anilines is 1. The van der Waals surface area contributed by atoms with Gasteiger partial charge in [0.25, 0.3) is 5.91 Å². The van der Waals surface area contributed by atoms with Crippen LogP contribution in [0.15, 0.2) is 116 Å². The molecular formula is C35H28N10O2. The first-order chi connectivity index (χ1) is 23.0. The monoisotopic (exact) mass is 620 g/mol. The smallest absolute Gasteiger partial charge is 0.263 e. The molecule has 12 nitrogen and oxygen atoms in total. The van der Waals surface area contributed by atoms with Gasteiger partial charge in [0, 0.05) is 74.4 Å². The lowest BCUT2D eigenvalue weighted by molar-refractivity contribution is -0.132. The molecule has 3 atom stereocenters. The summed E-state index contributed by atoms with van der Waals surface area (Å²) in [5, 5.41) is 21.8. The second kappa shape index (κ2) is 11.0. The highest BCUT2D eigenvalue weighted by atomic mass is 16.2. The third-order valence-corrected chi connectivity index (χ3v) is 9.56. The summed E-state index contributed by atoms with van der Waals surface area (Å²) in [6.45, 7) is 1.31. The van der Waals surface area contributed by atoms with Crippen molar-refractivity contribution >= 4 is 17.6 Å². The summed E-state index contributed by atoms with van der Waals surface area (Å²) in [7, 11) is 1.86. The molecule has 0 spiro atoms. The molecule has 1 unspecified atom stereocenters. The maximum atomic E-state index is 15.1. The van der Waals surface area contributed by atoms with Gasteiger partial charge in [-0.3, -0.25) is 24.5 Å². The van der Waals surface area contributed by atoms with Gasteiger partial charge < -0.3 is 9.80 Å². The quantitative estimate of drug-likeness (QED) is 0.197. The molecule has 3 fully saturated rings. The predicted molar refractivity (Wildman–Crippen MR) is 170 cm³/mol. The van der Waals surface area contributed by atoms with Crippen molar-refractivity contribution in [3.05, 3.63) is 138 Å². The molecule has 0 radical (unpaired) electrons. The number of likely N-dealkylation sites (N-methyl/N-ethyl adjacent to an activating group) is 1. The van der Waals surface area contributed by atoms with Gasteiger partial charge in [0.1, 0.15) is 5.82 Å². The van der Waals surface area contributed by atoms with E-state index < -0.39 is 5.54 Å². The van der Waals surface area contributed by atoms with Gasteiger partial charge >= 0.3 is 0 Å². The molecule has 1 amide bonds. The van der Waals surface area contributed by atoms with E-state index in [-0.39, 0.29) is 29.6 Å². The average molecular weight is 621 g/mol. The van der Waals surface area contributed by atoms with Crippen LogP contribution in [-0.4, -0.2) is 77.8 Å². The Morgan fingerprint density at radius 2 is 1.51 bits per heavy atom. The van der Waals surface area contributed by atoms with Crippen molar-refractivity contribution in [3.63, 3.8) is 0 Å². The first-order valence-electron chi connectivity index (χ1n) is 15.3. The topological polar surface area (TPSA) is 137 Å². The molecule has 3 aliphatic rings. The summed E-state index contributed by atoms with van der Waals surface area (Å²) in [5.41, 5.74) is 1.98. The maximum absolute atomic E-state index is 15.1. The lowest BCUT2D eigenvalue weighted by Gasteiger charge is -2.35. The Labute approximate surface area is 270 Å². The van der Waals surface area contributed by atoms with Crippen LogP contribution in [0, 0.1) is 23.2 Å². The Balaban J connectivity index is 1.18. The zero-order chi connectivity index (χ0) is 32.1. The molecule has 12 heteroatoms. The minimum absolute atomic E-state index is 0.132. The number of nitriles is 1. The molecule has 0 N–H and O–H groups in total. The van der Waals surface area contributed by atoms with Crippen LogP contribution in [0.4, 0.5) is 5.95 Å². The number of piperidine rings is 1. The van der Waals surface area contributed by atoms with Crippen molar-refractivity contribution in [2.75, 3.05) is 25.0 Å². The van der Waals surface area contributed by atoms with Crippen molar-refractivity contribution in [2.45, 2.75) is 11.6 Å². The molecule has 5 aromatic rings. The van der Waals surface area contributed by atoms with Crippen LogP contribution in [0.3, 0.4) is 0 Å². The van der Waals surface area contributed by atoms with Gasteiger partial charge in [-0.25, -0.2) is 0 Å². The number of rotatable bonds is 7. The molecule has 2 aliphatic heterocycles. The van der Waals surface area contributed by atoms with E-state index in [0.717, 1.165) is 16.8 Å². The normalized spacial score (nSPS) is 22.0. The van der Waals surface area contributed by atoms with Crippen molar-refractivity contribution < 1.29 is 9.59 Å². The number of hydrogen-bond acceptors (Lipinski definition) is 10. The summed E-state index contributed by atoms with van der Waals surface area (Å²) in [5.74, 6) is 1.06. The summed E-state index contributed by atoms with van der Waals surface area (Å²) in [4.78, 5) is 43.2. The minimum atomic E-state index is -1.25. The Kier molecular flexibility index (Phi) is 6.61. The Morgan fingerprint density at radius 1 is 0.894 bits per heavy atom. The molecule has 0 bridgehead atoms. The molecule has 230 valence electrons. The number of amides is 1. The molecule has 1 aliphatic carbocycles. The van der Waals surface area contributed by atoms with Crippen LogP contribution >= 0.6 is 0 Å². The van der Waals surface area contributed by atoms with Gasteiger partial charge in [0.05, 0.1) is 17.3 Å². The Hall–Kier alpha value is -6.22. The minimum Gasteiger partial charge on any atom is -0.339 e. The molecular weight excluding hydrogens is 592 g/mol. The number of allylic oxidation sites excluding steroid dienone is 1. The van der Waals surface area contributed by atoms with Crippen molar-refractivity contribution in [2.24, 2.45) is 11.8 Å². The number of tetrazole rings is 1. The lowest BCUT2D eigenvalue weighted by Crippen LogP contribution is -2.46. The van der Waals surface area contributed by atoms with Crippen LogP contribution in [0.25, 0.3) is 5.69 Å². The summed E-state index contributed by atoms with van der Waals surface area (Å²) in [6, 6.07) is 25.6. The predicted octanol–water partition coefficient (Wildman–Crippen LogP) is 3.20. The molecule has 2 aromatic carbocycles. The van der Waals surface area contributed by atoms with Crippen LogP contribution in [0.1, 0.15) is 27.0 Å². The van der Waals surface area contributed by atoms with Crippen LogP contribution < -0.4 is 4.90 Å². The van der Waals surface area contributed by atoms with Gasteiger partial charge in [-0.15, -0.1) is 0 Å². The van der Waals surface area contributed by atoms with E-state index in [4.69, 9.17) is 0 Å². The number of nitrogens with zero attached hydrogens (tertiary/aromatic N) is 10. The molecule has 1 saturated carbocycles. The van der Waals surface area contributed by atoms with Crippen molar-refractivity contribution in [3.8, 4) is 11.8 Å². The molecule has 3 aromatic heterocycles. The largest absolute Gasteiger partial charge is 0.339 e. The highest BCUT2D eigenvalue weighted by molar-refractivity contribution is 6.06. The van der Waals surface area contributed by atoms with E-state index in [1.54, 1.807) is 59.8 Å². The summed E-state index contributed by atoms with van der Waals surface area (Å²) in [6.07, 6.45) is 8.25. The first kappa shape index (κ1) is 28.3. The zero-order valence-corrected chi connectivity index (χ0v) is 25.3. The van der Waals surface area contributed by atoms with Gasteiger partial charge in [-0.05, 0) is 82.2 Å². The Bertz CT molecular complexity index is 1990. The van der Waals surface area contributed by atoms with E-state index in [1.165, 1.54) is 0 Å². The number of hydrogen-bond donors (Lipinski definition) is 0. The van der Waals surface area contributed by atoms with Crippen LogP contribution in [0.2, 0.25) is 0 Å². The molecule has 2 saturated heterocycles. The molecule has 5 heterocycles. The standard InChI is InChI=1S/C35H28N10O2/c1-42-31(19-30(46)24-9-7-23(20-36)8-10-24)44(33(47)35(42,25-11-15-37-16-12-25)26-13-17-38-18-14-26)32-28-21-43(22-29(28)32)34-39-40-41-45(34)27-5-3-2-4-6-27/h2-19,28-29,32H,21-22H2,1H3/t28-,29+,32?. The SMILES string of the molecule is CN1C(=CC(=O)c2ccc(C#N)cc2)N(C2[C@H]3CN(c4nnnn4-c4ccccc4)C[C@@H]23)C(=O)C1(c1ccncc1)c1ccncc1. The highest BCUT2D eigenvalue weighted by Gasteiger charge is 2.67. The highest BCUT2D eigenvalue weighted by Crippen LogP contribution is 2.56. The maximum Gasteiger partial charge on any atom is 0.263 e. The van der Waals surface area contributed by atoms with E-state index >= 15 is 4.79 Å². The van der Waals surface area contributed by atoms with E-state index in [1.807, 2.05) is 71.4 Å². The number of aromatic nitrogens is 6. The van der Waals surface area contributed by atoms with Crippen molar-refractivity contribution in [1.29, 1.82) is 5.26 Å². The number of para-hydroxylation sites is 1. The van der Waals surface area contributed by atoms with Gasteiger partial charge in [0.15, 0.2) is 11.3 Å². The molecule has 8 rings (SSSR count). The Morgan fingerprint density at radius 3 is 2.11 bits per heavy atom. The molecule has 47 heavy (non-hydrogen) atoms. The summed E-state index contributed by atoms with van der Waals surface area (Å²) < 4.78 is 1.73. The fourth-order valence-electron chi connectivity index (χ4n) is 7.26. The fourth-order valence-corrected chi connectivity index (χ4v) is 7.26. The number of pyridine rings is 2. The van der Waals surface area contributed by atoms with Crippen LogP contribution in [0.5, 0.6) is 0 Å². The lowest BCUT2D eigenvalue weighted by atomic mass is 9.82. The number of carbonyl (C=O) groups is 2. The van der Waals surface area contributed by atoms with Gasteiger partial charge in [-0.2, -0.15) is 9.94 Å². The number of carbonyl (C=O) groups excluding carboxylic acids is 2. The first-order valence-corrected chi connectivity index (χ1v) is 15.3. The third-order valence-electron chi connectivity index (χ3n) is 9.56. The number of benzene rings is 2. The summed E-state index contributed by atoms with van der Waals surface area (Å²) >= 11 is 0. The second-order valence-electron chi connectivity index (χ2n) is 11.9. The number of ketones is 1. The average Bonchev–Trinajstić information content (AvgIpc) is 3.46. The zero-order valence-electron chi connectivity index (χ0n) is 25.3. The van der Waals surface area contributed by atoms with Gasteiger partial charge in [-0.1, -0.05) is 23.3 Å².